The molecule has 0 aliphatic heterocycles. The Bertz CT molecular complexity index is 1060. The number of hydrogen-bond acceptors (Lipinski definition) is 5. The number of fused-ring (bicyclic) bond motifs is 1. The van der Waals surface area contributed by atoms with E-state index in [0.717, 1.165) is 34.6 Å². The maximum absolute atomic E-state index is 10.2. The lowest BCUT2D eigenvalue weighted by atomic mass is 10.2. The van der Waals surface area contributed by atoms with E-state index < -0.39 is 6.10 Å². The van der Waals surface area contributed by atoms with Crippen LogP contribution in [0.15, 0.2) is 60.8 Å². The summed E-state index contributed by atoms with van der Waals surface area (Å²) in [7, 11) is 0. The first-order chi connectivity index (χ1) is 14.2. The molecule has 7 heteroatoms. The molecule has 3 N–H and O–H groups in total. The molecule has 0 radical (unpaired) electrons. The number of hydrogen-bond donors (Lipinski definition) is 3. The van der Waals surface area contributed by atoms with E-state index in [0.29, 0.717) is 13.1 Å². The smallest absolute Gasteiger partial charge is 0.130 e. The highest BCUT2D eigenvalue weighted by Crippen LogP contribution is 2.26. The van der Waals surface area contributed by atoms with E-state index in [4.69, 9.17) is 4.74 Å². The van der Waals surface area contributed by atoms with E-state index in [9.17, 15) is 5.11 Å². The summed E-state index contributed by atoms with van der Waals surface area (Å²) >= 11 is 0. The summed E-state index contributed by atoms with van der Waals surface area (Å²) in [5.74, 6) is 0.729. The third-order valence-corrected chi connectivity index (χ3v) is 4.73. The minimum absolute atomic E-state index is 0.208. The van der Waals surface area contributed by atoms with Crippen LogP contribution in [-0.2, 0) is 13.1 Å². The molecule has 1 atom stereocenters. The third-order valence-electron chi connectivity index (χ3n) is 4.73. The molecule has 2 aromatic carbocycles. The van der Waals surface area contributed by atoms with Crippen LogP contribution in [0, 0.1) is 6.92 Å². The standard InChI is InChI=1S/C22H25N5O2/c1-16-22-20(25-24-16)8-5-9-21(22)29-15-19(28)13-23-12-18-10-11-27(26-18)14-17-6-3-2-4-7-17/h2-11,19,23,28H,12-15H2,1H3,(H,24,25)/t19-/m0/s1. The molecule has 2 aromatic heterocycles. The number of H-pyrrole nitrogens is 1. The summed E-state index contributed by atoms with van der Waals surface area (Å²) in [6.45, 7) is 3.90. The van der Waals surface area contributed by atoms with Gasteiger partial charge in [-0.05, 0) is 30.7 Å². The molecule has 0 fully saturated rings. The predicted molar refractivity (Wildman–Crippen MR) is 112 cm³/mol. The van der Waals surface area contributed by atoms with Crippen LogP contribution in [0.2, 0.25) is 0 Å². The van der Waals surface area contributed by atoms with Crippen molar-refractivity contribution in [2.24, 2.45) is 0 Å². The Morgan fingerprint density at radius 2 is 2.00 bits per heavy atom. The minimum Gasteiger partial charge on any atom is -0.490 e. The maximum atomic E-state index is 10.2. The maximum Gasteiger partial charge on any atom is 0.130 e. The second-order valence-electron chi connectivity index (χ2n) is 7.07. The van der Waals surface area contributed by atoms with Gasteiger partial charge in [0, 0.05) is 19.3 Å². The Balaban J connectivity index is 1.23. The zero-order chi connectivity index (χ0) is 20.1. The lowest BCUT2D eigenvalue weighted by Gasteiger charge is -2.13. The molecule has 7 nitrogen and oxygen atoms in total. The normalized spacial score (nSPS) is 12.3. The van der Waals surface area contributed by atoms with Gasteiger partial charge in [-0.25, -0.2) is 0 Å². The van der Waals surface area contributed by atoms with Crippen molar-refractivity contribution in [2.45, 2.75) is 26.1 Å². The fraction of sp³-hybridized carbons (Fsp3) is 0.273. The second-order valence-corrected chi connectivity index (χ2v) is 7.07. The molecule has 4 aromatic rings. The Kier molecular flexibility index (Phi) is 5.88. The number of aliphatic hydroxyl groups is 1. The molecule has 0 saturated carbocycles. The number of nitrogens with zero attached hydrogens (tertiary/aromatic N) is 3. The molecular formula is C22H25N5O2. The van der Waals surface area contributed by atoms with E-state index in [1.165, 1.54) is 5.56 Å². The Morgan fingerprint density at radius 1 is 1.14 bits per heavy atom. The van der Waals surface area contributed by atoms with Crippen molar-refractivity contribution in [1.29, 1.82) is 0 Å². The zero-order valence-corrected chi connectivity index (χ0v) is 16.4. The van der Waals surface area contributed by atoms with Gasteiger partial charge in [-0.15, -0.1) is 0 Å². The van der Waals surface area contributed by atoms with Gasteiger partial charge in [0.15, 0.2) is 0 Å². The number of ether oxygens (including phenoxy) is 1. The largest absolute Gasteiger partial charge is 0.490 e. The van der Waals surface area contributed by atoms with Crippen LogP contribution in [0.3, 0.4) is 0 Å². The highest BCUT2D eigenvalue weighted by molar-refractivity contribution is 5.87. The number of nitrogens with one attached hydrogen (secondary N) is 2. The van der Waals surface area contributed by atoms with Crippen molar-refractivity contribution in [3.05, 3.63) is 77.7 Å². The molecule has 4 rings (SSSR count). The Hall–Kier alpha value is -3.16. The van der Waals surface area contributed by atoms with Crippen LogP contribution < -0.4 is 10.1 Å². The summed E-state index contributed by atoms with van der Waals surface area (Å²) in [6, 6.07) is 18.0. The number of aromatic amines is 1. The Morgan fingerprint density at radius 3 is 2.86 bits per heavy atom. The molecule has 150 valence electrons. The van der Waals surface area contributed by atoms with Crippen LogP contribution in [0.5, 0.6) is 5.75 Å². The van der Waals surface area contributed by atoms with Crippen LogP contribution >= 0.6 is 0 Å². The van der Waals surface area contributed by atoms with Crippen LogP contribution in [0.1, 0.15) is 17.0 Å². The molecule has 0 unspecified atom stereocenters. The van der Waals surface area contributed by atoms with Gasteiger partial charge in [0.05, 0.1) is 28.8 Å². The van der Waals surface area contributed by atoms with Crippen molar-refractivity contribution in [3.63, 3.8) is 0 Å². The fourth-order valence-electron chi connectivity index (χ4n) is 3.29. The quantitative estimate of drug-likeness (QED) is 0.408. The highest BCUT2D eigenvalue weighted by Gasteiger charge is 2.11. The van der Waals surface area contributed by atoms with Gasteiger partial charge in [-0.1, -0.05) is 36.4 Å². The third kappa shape index (κ3) is 4.82. The molecule has 0 aliphatic carbocycles. The molecular weight excluding hydrogens is 366 g/mol. The van der Waals surface area contributed by atoms with E-state index in [1.807, 2.05) is 60.3 Å². The SMILES string of the molecule is Cc1n[nH]c2cccc(OC[C@@H](O)CNCc3ccn(Cc4ccccc4)n3)c12. The summed E-state index contributed by atoms with van der Waals surface area (Å²) in [5.41, 5.74) is 3.96. The van der Waals surface area contributed by atoms with Gasteiger partial charge in [0.1, 0.15) is 18.5 Å². The van der Waals surface area contributed by atoms with E-state index >= 15 is 0 Å². The van der Waals surface area contributed by atoms with Crippen molar-refractivity contribution in [3.8, 4) is 5.75 Å². The average Bonchev–Trinajstić information content (AvgIpc) is 3.34. The minimum atomic E-state index is -0.621. The van der Waals surface area contributed by atoms with Gasteiger partial charge in [0.25, 0.3) is 0 Å². The summed E-state index contributed by atoms with van der Waals surface area (Å²) in [6.07, 6.45) is 1.35. The van der Waals surface area contributed by atoms with Gasteiger partial charge in [0.2, 0.25) is 0 Å². The molecule has 0 spiro atoms. The summed E-state index contributed by atoms with van der Waals surface area (Å²) in [5, 5.41) is 26.2. The molecule has 29 heavy (non-hydrogen) atoms. The number of aryl methyl sites for hydroxylation is 1. The summed E-state index contributed by atoms with van der Waals surface area (Å²) < 4.78 is 7.74. The molecule has 0 amide bonds. The van der Waals surface area contributed by atoms with E-state index in [-0.39, 0.29) is 6.61 Å². The van der Waals surface area contributed by atoms with Gasteiger partial charge in [-0.3, -0.25) is 9.78 Å². The average molecular weight is 391 g/mol. The monoisotopic (exact) mass is 391 g/mol. The number of aromatic nitrogens is 4. The van der Waals surface area contributed by atoms with E-state index in [2.05, 4.69) is 32.7 Å². The number of aliphatic hydroxyl groups excluding tert-OH is 1. The van der Waals surface area contributed by atoms with Crippen molar-refractivity contribution >= 4 is 10.9 Å². The first-order valence-corrected chi connectivity index (χ1v) is 9.70. The molecule has 0 aliphatic rings. The van der Waals surface area contributed by atoms with Gasteiger partial charge < -0.3 is 15.2 Å². The first-order valence-electron chi connectivity index (χ1n) is 9.70. The second kappa shape index (κ2) is 8.89. The lowest BCUT2D eigenvalue weighted by Crippen LogP contribution is -2.31. The first kappa shape index (κ1) is 19.2. The van der Waals surface area contributed by atoms with Gasteiger partial charge >= 0.3 is 0 Å². The van der Waals surface area contributed by atoms with Crippen LogP contribution in [0.4, 0.5) is 0 Å². The fourth-order valence-corrected chi connectivity index (χ4v) is 3.29. The van der Waals surface area contributed by atoms with E-state index in [1.54, 1.807) is 0 Å². The van der Waals surface area contributed by atoms with Crippen molar-refractivity contribution in [1.82, 2.24) is 25.3 Å². The number of rotatable bonds is 9. The lowest BCUT2D eigenvalue weighted by molar-refractivity contribution is 0.107. The number of benzene rings is 2. The van der Waals surface area contributed by atoms with Gasteiger partial charge in [-0.2, -0.15) is 10.2 Å². The topological polar surface area (TPSA) is 88.0 Å². The van der Waals surface area contributed by atoms with Crippen molar-refractivity contribution < 1.29 is 9.84 Å². The Labute approximate surface area is 169 Å². The highest BCUT2D eigenvalue weighted by atomic mass is 16.5. The zero-order valence-electron chi connectivity index (χ0n) is 16.4. The molecule has 0 bridgehead atoms. The van der Waals surface area contributed by atoms with Crippen LogP contribution in [0.25, 0.3) is 10.9 Å². The van der Waals surface area contributed by atoms with Crippen LogP contribution in [-0.4, -0.2) is 44.3 Å². The predicted octanol–water partition coefficient (Wildman–Crippen LogP) is 2.65. The summed E-state index contributed by atoms with van der Waals surface area (Å²) in [4.78, 5) is 0. The molecule has 0 saturated heterocycles. The van der Waals surface area contributed by atoms with Crippen molar-refractivity contribution in [2.75, 3.05) is 13.2 Å². The molecule has 2 heterocycles.